The number of hydrogen-bond acceptors (Lipinski definition) is 5. The van der Waals surface area contributed by atoms with Crippen LogP contribution in [0.4, 0.5) is 0 Å². The van der Waals surface area contributed by atoms with Crippen molar-refractivity contribution in [3.63, 3.8) is 0 Å². The molecule has 1 saturated heterocycles. The third kappa shape index (κ3) is 3.57. The minimum Gasteiger partial charge on any atom is -0.468 e. The SMILES string of the molecule is CCOC(=O)C[C@H]1C(=O)NCCN1Cc1ccco1. The van der Waals surface area contributed by atoms with Gasteiger partial charge in [-0.05, 0) is 19.1 Å². The number of piperazine rings is 1. The highest BCUT2D eigenvalue weighted by molar-refractivity contribution is 5.87. The van der Waals surface area contributed by atoms with E-state index in [1.54, 1.807) is 19.3 Å². The molecule has 2 rings (SSSR count). The topological polar surface area (TPSA) is 71.8 Å². The minimum absolute atomic E-state index is 0.0698. The minimum atomic E-state index is -0.488. The largest absolute Gasteiger partial charge is 0.468 e. The van der Waals surface area contributed by atoms with Crippen LogP contribution < -0.4 is 5.32 Å². The standard InChI is InChI=1S/C13H18N2O4/c1-2-18-12(16)8-11-13(17)14-5-6-15(11)9-10-4-3-7-19-10/h3-4,7,11H,2,5-6,8-9H2,1H3,(H,14,17)/t11-/m0/s1. The molecule has 1 fully saturated rings. The van der Waals surface area contributed by atoms with Crippen LogP contribution in [0.5, 0.6) is 0 Å². The highest BCUT2D eigenvalue weighted by Gasteiger charge is 2.32. The fourth-order valence-corrected chi connectivity index (χ4v) is 2.15. The number of furan rings is 1. The molecule has 0 saturated carbocycles. The Balaban J connectivity index is 2.01. The van der Waals surface area contributed by atoms with Gasteiger partial charge in [0.05, 0.1) is 25.8 Å². The monoisotopic (exact) mass is 266 g/mol. The molecule has 1 atom stereocenters. The van der Waals surface area contributed by atoms with Gasteiger partial charge in [0.1, 0.15) is 11.8 Å². The van der Waals surface area contributed by atoms with Crippen LogP contribution in [0.25, 0.3) is 0 Å². The molecule has 0 radical (unpaired) electrons. The molecule has 0 aliphatic carbocycles. The van der Waals surface area contributed by atoms with Crippen LogP contribution in [0.15, 0.2) is 22.8 Å². The molecule has 104 valence electrons. The fourth-order valence-electron chi connectivity index (χ4n) is 2.15. The van der Waals surface area contributed by atoms with Crippen molar-refractivity contribution >= 4 is 11.9 Å². The summed E-state index contributed by atoms with van der Waals surface area (Å²) >= 11 is 0. The van der Waals surface area contributed by atoms with Gasteiger partial charge in [0.25, 0.3) is 0 Å². The number of esters is 1. The van der Waals surface area contributed by atoms with Gasteiger partial charge in [-0.15, -0.1) is 0 Å². The van der Waals surface area contributed by atoms with Crippen LogP contribution in [-0.4, -0.2) is 42.5 Å². The highest BCUT2D eigenvalue weighted by atomic mass is 16.5. The smallest absolute Gasteiger partial charge is 0.307 e. The lowest BCUT2D eigenvalue weighted by Crippen LogP contribution is -2.55. The highest BCUT2D eigenvalue weighted by Crippen LogP contribution is 2.14. The Morgan fingerprint density at radius 2 is 2.47 bits per heavy atom. The average Bonchev–Trinajstić information content (AvgIpc) is 2.87. The van der Waals surface area contributed by atoms with Crippen molar-refractivity contribution in [2.75, 3.05) is 19.7 Å². The molecule has 1 aromatic heterocycles. The van der Waals surface area contributed by atoms with Gasteiger partial charge in [0, 0.05) is 13.1 Å². The van der Waals surface area contributed by atoms with Crippen molar-refractivity contribution in [3.05, 3.63) is 24.2 Å². The maximum atomic E-state index is 11.9. The molecule has 1 N–H and O–H groups in total. The summed E-state index contributed by atoms with van der Waals surface area (Å²) in [4.78, 5) is 25.4. The van der Waals surface area contributed by atoms with Crippen LogP contribution in [0.3, 0.4) is 0 Å². The van der Waals surface area contributed by atoms with E-state index in [-0.39, 0.29) is 18.3 Å². The second kappa shape index (κ2) is 6.38. The van der Waals surface area contributed by atoms with E-state index in [1.807, 2.05) is 11.0 Å². The van der Waals surface area contributed by atoms with E-state index in [0.29, 0.717) is 26.2 Å². The summed E-state index contributed by atoms with van der Waals surface area (Å²) in [5.41, 5.74) is 0. The lowest BCUT2D eigenvalue weighted by Gasteiger charge is -2.33. The molecule has 19 heavy (non-hydrogen) atoms. The predicted octanol–water partition coefficient (Wildman–Crippen LogP) is 0.533. The Hall–Kier alpha value is -1.82. The molecule has 0 bridgehead atoms. The molecule has 1 amide bonds. The van der Waals surface area contributed by atoms with Gasteiger partial charge < -0.3 is 14.5 Å². The quantitative estimate of drug-likeness (QED) is 0.787. The first-order valence-corrected chi connectivity index (χ1v) is 6.40. The molecule has 6 heteroatoms. The first kappa shape index (κ1) is 13.6. The van der Waals surface area contributed by atoms with E-state index in [1.165, 1.54) is 0 Å². The second-order valence-corrected chi connectivity index (χ2v) is 4.37. The van der Waals surface area contributed by atoms with Gasteiger partial charge in [-0.1, -0.05) is 0 Å². The van der Waals surface area contributed by atoms with Gasteiger partial charge in [0.15, 0.2) is 0 Å². The maximum Gasteiger partial charge on any atom is 0.307 e. The first-order valence-electron chi connectivity index (χ1n) is 6.40. The Labute approximate surface area is 111 Å². The second-order valence-electron chi connectivity index (χ2n) is 4.37. The van der Waals surface area contributed by atoms with Gasteiger partial charge in [-0.3, -0.25) is 14.5 Å². The molecule has 1 aliphatic rings. The van der Waals surface area contributed by atoms with E-state index in [4.69, 9.17) is 9.15 Å². The third-order valence-electron chi connectivity index (χ3n) is 3.05. The summed E-state index contributed by atoms with van der Waals surface area (Å²) in [6.45, 7) is 3.87. The first-order chi connectivity index (χ1) is 9.20. The molecule has 2 heterocycles. The maximum absolute atomic E-state index is 11.9. The molecule has 1 aromatic rings. The number of nitrogens with one attached hydrogen (secondary N) is 1. The average molecular weight is 266 g/mol. The summed E-state index contributed by atoms with van der Waals surface area (Å²) < 4.78 is 10.2. The van der Waals surface area contributed by atoms with E-state index >= 15 is 0 Å². The summed E-state index contributed by atoms with van der Waals surface area (Å²) in [5.74, 6) is 0.295. The van der Waals surface area contributed by atoms with Crippen LogP contribution >= 0.6 is 0 Å². The van der Waals surface area contributed by atoms with Crippen molar-refractivity contribution < 1.29 is 18.7 Å². The molecule has 6 nitrogen and oxygen atoms in total. The van der Waals surface area contributed by atoms with E-state index in [9.17, 15) is 9.59 Å². The fraction of sp³-hybridized carbons (Fsp3) is 0.538. The zero-order chi connectivity index (χ0) is 13.7. The lowest BCUT2D eigenvalue weighted by atomic mass is 10.1. The molecule has 0 aromatic carbocycles. The number of ether oxygens (including phenoxy) is 1. The number of carbonyl (C=O) groups excluding carboxylic acids is 2. The van der Waals surface area contributed by atoms with Gasteiger partial charge >= 0.3 is 5.97 Å². The van der Waals surface area contributed by atoms with Crippen molar-refractivity contribution in [2.24, 2.45) is 0 Å². The number of amides is 1. The summed E-state index contributed by atoms with van der Waals surface area (Å²) in [6, 6.07) is 3.17. The number of carbonyl (C=O) groups is 2. The number of hydrogen-bond donors (Lipinski definition) is 1. The van der Waals surface area contributed by atoms with Gasteiger partial charge in [-0.2, -0.15) is 0 Å². The summed E-state index contributed by atoms with van der Waals surface area (Å²) in [7, 11) is 0. The van der Waals surface area contributed by atoms with E-state index in [0.717, 1.165) is 5.76 Å². The van der Waals surface area contributed by atoms with Crippen molar-refractivity contribution in [3.8, 4) is 0 Å². The zero-order valence-electron chi connectivity index (χ0n) is 10.9. The summed E-state index contributed by atoms with van der Waals surface area (Å²) in [6.07, 6.45) is 1.67. The van der Waals surface area contributed by atoms with Gasteiger partial charge in [-0.25, -0.2) is 0 Å². The third-order valence-corrected chi connectivity index (χ3v) is 3.05. The summed E-state index contributed by atoms with van der Waals surface area (Å²) in [5, 5.41) is 2.77. The zero-order valence-corrected chi connectivity index (χ0v) is 10.9. The number of rotatable bonds is 5. The Morgan fingerprint density at radius 1 is 1.63 bits per heavy atom. The van der Waals surface area contributed by atoms with Crippen molar-refractivity contribution in [1.29, 1.82) is 0 Å². The van der Waals surface area contributed by atoms with Crippen LogP contribution in [0.2, 0.25) is 0 Å². The molecule has 0 spiro atoms. The molecule has 0 unspecified atom stereocenters. The molecular formula is C13H18N2O4. The Bertz CT molecular complexity index is 430. The van der Waals surface area contributed by atoms with Gasteiger partial charge in [0.2, 0.25) is 5.91 Å². The Morgan fingerprint density at radius 3 is 3.16 bits per heavy atom. The van der Waals surface area contributed by atoms with Crippen molar-refractivity contribution in [1.82, 2.24) is 10.2 Å². The molecular weight excluding hydrogens is 248 g/mol. The molecule has 1 aliphatic heterocycles. The van der Waals surface area contributed by atoms with E-state index in [2.05, 4.69) is 5.32 Å². The predicted molar refractivity (Wildman–Crippen MR) is 67.2 cm³/mol. The van der Waals surface area contributed by atoms with Crippen LogP contribution in [-0.2, 0) is 20.9 Å². The van der Waals surface area contributed by atoms with Crippen molar-refractivity contribution in [2.45, 2.75) is 25.9 Å². The number of nitrogens with zero attached hydrogens (tertiary/aromatic N) is 1. The van der Waals surface area contributed by atoms with E-state index < -0.39 is 6.04 Å². The normalized spacial score (nSPS) is 20.1. The Kier molecular flexibility index (Phi) is 4.57. The van der Waals surface area contributed by atoms with Crippen LogP contribution in [0.1, 0.15) is 19.1 Å². The van der Waals surface area contributed by atoms with Crippen LogP contribution in [0, 0.1) is 0 Å². The lowest BCUT2D eigenvalue weighted by molar-refractivity contribution is -0.148.